The fourth-order valence-corrected chi connectivity index (χ4v) is 3.98. The van der Waals surface area contributed by atoms with Gasteiger partial charge in [-0.15, -0.1) is 0 Å². The lowest BCUT2D eigenvalue weighted by molar-refractivity contribution is 0.103. The van der Waals surface area contributed by atoms with Gasteiger partial charge in [-0.1, -0.05) is 54.6 Å². The number of phenolic OH excluding ortho intramolecular Hbond substituents is 1. The highest BCUT2D eigenvalue weighted by atomic mass is 32.2. The molecule has 0 aliphatic rings. The Morgan fingerprint density at radius 2 is 1.56 bits per heavy atom. The molecule has 0 fully saturated rings. The molecule has 0 aliphatic heterocycles. The van der Waals surface area contributed by atoms with Crippen LogP contribution < -0.4 is 0 Å². The molecule has 0 atom stereocenters. The van der Waals surface area contributed by atoms with Gasteiger partial charge in [-0.2, -0.15) is 0 Å². The van der Waals surface area contributed by atoms with Gasteiger partial charge < -0.3 is 5.11 Å². The Balaban J connectivity index is 1.96. The lowest BCUT2D eigenvalue weighted by Crippen LogP contribution is -2.04. The first-order chi connectivity index (χ1) is 12.9. The zero-order valence-corrected chi connectivity index (χ0v) is 15.3. The minimum absolute atomic E-state index is 0.0801. The van der Waals surface area contributed by atoms with Crippen molar-refractivity contribution in [3.8, 4) is 5.75 Å². The van der Waals surface area contributed by atoms with E-state index in [1.165, 1.54) is 12.1 Å². The second-order valence-corrected chi connectivity index (χ2v) is 8.49. The summed E-state index contributed by atoms with van der Waals surface area (Å²) in [5, 5.41) is 13.2. The van der Waals surface area contributed by atoms with E-state index in [-0.39, 0.29) is 22.0 Å². The average Bonchev–Trinajstić information content (AvgIpc) is 2.66. The van der Waals surface area contributed by atoms with E-state index in [4.69, 9.17) is 0 Å². The van der Waals surface area contributed by atoms with E-state index in [1.807, 2.05) is 18.2 Å². The molecular weight excluding hydrogens is 360 g/mol. The number of aromatic hydroxyl groups is 1. The minimum Gasteiger partial charge on any atom is -0.507 e. The van der Waals surface area contributed by atoms with E-state index >= 15 is 0 Å². The lowest BCUT2D eigenvalue weighted by atomic mass is 9.93. The van der Waals surface area contributed by atoms with E-state index in [2.05, 4.69) is 0 Å². The van der Waals surface area contributed by atoms with E-state index < -0.39 is 9.84 Å². The summed E-state index contributed by atoms with van der Waals surface area (Å²) in [6.07, 6.45) is 1.15. The molecule has 1 N–H and O–H groups in total. The molecule has 0 bridgehead atoms. The number of ketones is 1. The molecule has 5 heteroatoms. The number of rotatable bonds is 3. The van der Waals surface area contributed by atoms with Crippen LogP contribution >= 0.6 is 0 Å². The van der Waals surface area contributed by atoms with Crippen molar-refractivity contribution in [3.05, 3.63) is 83.9 Å². The molecule has 4 aromatic carbocycles. The molecule has 0 aromatic heterocycles. The number of phenols is 1. The molecule has 0 spiro atoms. The Morgan fingerprint density at radius 3 is 2.33 bits per heavy atom. The number of benzene rings is 4. The largest absolute Gasteiger partial charge is 0.507 e. The van der Waals surface area contributed by atoms with Gasteiger partial charge >= 0.3 is 0 Å². The van der Waals surface area contributed by atoms with Gasteiger partial charge in [0.2, 0.25) is 0 Å². The molecule has 0 radical (unpaired) electrons. The molecule has 27 heavy (non-hydrogen) atoms. The minimum atomic E-state index is -3.34. The third kappa shape index (κ3) is 2.96. The van der Waals surface area contributed by atoms with Gasteiger partial charge in [-0.05, 0) is 39.7 Å². The molecule has 0 saturated carbocycles. The van der Waals surface area contributed by atoms with Crippen LogP contribution in [0.2, 0.25) is 0 Å². The second kappa shape index (κ2) is 6.21. The van der Waals surface area contributed by atoms with Gasteiger partial charge in [-0.25, -0.2) is 8.42 Å². The molecule has 4 rings (SSSR count). The summed E-state index contributed by atoms with van der Waals surface area (Å²) in [6, 6.07) is 20.5. The second-order valence-electron chi connectivity index (χ2n) is 6.47. The normalized spacial score (nSPS) is 11.7. The smallest absolute Gasteiger partial charge is 0.197 e. The molecule has 0 aliphatic carbocycles. The van der Waals surface area contributed by atoms with Gasteiger partial charge in [-0.3, -0.25) is 4.79 Å². The zero-order chi connectivity index (χ0) is 19.2. The maximum absolute atomic E-state index is 13.3. The predicted molar refractivity (Wildman–Crippen MR) is 106 cm³/mol. The number of sulfone groups is 1. The first kappa shape index (κ1) is 17.2. The summed E-state index contributed by atoms with van der Waals surface area (Å²) >= 11 is 0. The van der Waals surface area contributed by atoms with Crippen LogP contribution in [0.25, 0.3) is 21.5 Å². The van der Waals surface area contributed by atoms with Crippen LogP contribution in [-0.4, -0.2) is 25.6 Å². The molecule has 4 aromatic rings. The van der Waals surface area contributed by atoms with Gasteiger partial charge in [0.1, 0.15) is 5.75 Å². The van der Waals surface area contributed by atoms with Crippen molar-refractivity contribution in [1.82, 2.24) is 0 Å². The molecule has 134 valence electrons. The maximum Gasteiger partial charge on any atom is 0.197 e. The predicted octanol–water partition coefficient (Wildman–Crippen LogP) is 4.33. The summed E-state index contributed by atoms with van der Waals surface area (Å²) in [5.74, 6) is -0.384. The van der Waals surface area contributed by atoms with Crippen LogP contribution in [0.3, 0.4) is 0 Å². The highest BCUT2D eigenvalue weighted by molar-refractivity contribution is 7.90. The summed E-state index contributed by atoms with van der Waals surface area (Å²) in [6.45, 7) is 0. The van der Waals surface area contributed by atoms with Crippen molar-refractivity contribution in [1.29, 1.82) is 0 Å². The number of hydrogen-bond acceptors (Lipinski definition) is 4. The summed E-state index contributed by atoms with van der Waals surface area (Å²) in [5.41, 5.74) is 0.659. The van der Waals surface area contributed by atoms with E-state index in [1.54, 1.807) is 42.5 Å². The van der Waals surface area contributed by atoms with E-state index in [0.29, 0.717) is 21.7 Å². The standard InChI is InChI=1S/C22H16O4S/c1-27(25,26)16-10-11-17-15(13-16)6-4-8-19(17)22(24)21-18-7-3-2-5-14(18)9-12-20(21)23/h2-13,23H,1H3. The van der Waals surface area contributed by atoms with Crippen LogP contribution in [0.4, 0.5) is 0 Å². The quantitative estimate of drug-likeness (QED) is 0.540. The lowest BCUT2D eigenvalue weighted by Gasteiger charge is -2.11. The highest BCUT2D eigenvalue weighted by Crippen LogP contribution is 2.32. The van der Waals surface area contributed by atoms with Gasteiger partial charge in [0.05, 0.1) is 10.5 Å². The van der Waals surface area contributed by atoms with Crippen molar-refractivity contribution in [2.24, 2.45) is 0 Å². The Kier molecular flexibility index (Phi) is 3.97. The number of carbonyl (C=O) groups is 1. The van der Waals surface area contributed by atoms with Crippen LogP contribution in [0.1, 0.15) is 15.9 Å². The molecular formula is C22H16O4S. The maximum atomic E-state index is 13.3. The van der Waals surface area contributed by atoms with Gasteiger partial charge in [0, 0.05) is 11.8 Å². The van der Waals surface area contributed by atoms with Gasteiger partial charge in [0.25, 0.3) is 0 Å². The molecule has 0 saturated heterocycles. The fraction of sp³-hybridized carbons (Fsp3) is 0.0455. The topological polar surface area (TPSA) is 71.4 Å². The van der Waals surface area contributed by atoms with Gasteiger partial charge in [0.15, 0.2) is 15.6 Å². The summed E-state index contributed by atoms with van der Waals surface area (Å²) in [4.78, 5) is 13.5. The van der Waals surface area contributed by atoms with Crippen LogP contribution in [0.5, 0.6) is 5.75 Å². The van der Waals surface area contributed by atoms with Crippen molar-refractivity contribution < 1.29 is 18.3 Å². The number of hydrogen-bond donors (Lipinski definition) is 1. The molecule has 0 amide bonds. The van der Waals surface area contributed by atoms with Crippen molar-refractivity contribution in [3.63, 3.8) is 0 Å². The fourth-order valence-electron chi connectivity index (χ4n) is 3.32. The highest BCUT2D eigenvalue weighted by Gasteiger charge is 2.19. The SMILES string of the molecule is CS(=O)(=O)c1ccc2c(C(=O)c3c(O)ccc4ccccc34)cccc2c1. The van der Waals surface area contributed by atoms with Crippen molar-refractivity contribution in [2.75, 3.05) is 6.26 Å². The summed E-state index contributed by atoms with van der Waals surface area (Å²) < 4.78 is 23.6. The van der Waals surface area contributed by atoms with E-state index in [0.717, 1.165) is 11.6 Å². The van der Waals surface area contributed by atoms with Crippen molar-refractivity contribution in [2.45, 2.75) is 4.90 Å². The van der Waals surface area contributed by atoms with Crippen LogP contribution in [0, 0.1) is 0 Å². The van der Waals surface area contributed by atoms with Crippen LogP contribution in [-0.2, 0) is 9.84 Å². The Morgan fingerprint density at radius 1 is 0.815 bits per heavy atom. The Hall–Kier alpha value is -3.18. The monoisotopic (exact) mass is 376 g/mol. The average molecular weight is 376 g/mol. The molecule has 0 unspecified atom stereocenters. The van der Waals surface area contributed by atoms with Crippen molar-refractivity contribution >= 4 is 37.2 Å². The summed E-state index contributed by atoms with van der Waals surface area (Å²) in [7, 11) is -3.34. The number of carbonyl (C=O) groups excluding carboxylic acids is 1. The number of fused-ring (bicyclic) bond motifs is 2. The third-order valence-corrected chi connectivity index (χ3v) is 5.77. The first-order valence-electron chi connectivity index (χ1n) is 8.34. The Labute approximate surface area is 156 Å². The zero-order valence-electron chi connectivity index (χ0n) is 14.5. The Bertz CT molecular complexity index is 1320. The van der Waals surface area contributed by atoms with Crippen LogP contribution in [0.15, 0.2) is 77.7 Å². The third-order valence-electron chi connectivity index (χ3n) is 4.66. The molecule has 0 heterocycles. The first-order valence-corrected chi connectivity index (χ1v) is 10.2. The molecule has 4 nitrogen and oxygen atoms in total. The van der Waals surface area contributed by atoms with E-state index in [9.17, 15) is 18.3 Å².